The maximum absolute atomic E-state index is 12.5. The van der Waals surface area contributed by atoms with Crippen LogP contribution in [0.4, 0.5) is 5.69 Å². The molecule has 0 saturated heterocycles. The molecular formula is C20H21N5O2. The van der Waals surface area contributed by atoms with Crippen LogP contribution in [0.1, 0.15) is 32.9 Å². The monoisotopic (exact) mass is 363 g/mol. The summed E-state index contributed by atoms with van der Waals surface area (Å²) < 4.78 is 0. The van der Waals surface area contributed by atoms with Gasteiger partial charge in [-0.3, -0.25) is 9.59 Å². The molecule has 138 valence electrons. The zero-order chi connectivity index (χ0) is 19.4. The second-order valence-corrected chi connectivity index (χ2v) is 6.31. The summed E-state index contributed by atoms with van der Waals surface area (Å²) in [5, 5.41) is 17.1. The number of anilines is 1. The van der Waals surface area contributed by atoms with Crippen molar-refractivity contribution >= 4 is 29.2 Å². The summed E-state index contributed by atoms with van der Waals surface area (Å²) in [5.74, 6) is -0.335. The van der Waals surface area contributed by atoms with Gasteiger partial charge in [-0.2, -0.15) is 5.26 Å². The highest BCUT2D eigenvalue weighted by atomic mass is 16.2. The highest BCUT2D eigenvalue weighted by Crippen LogP contribution is 2.33. The molecule has 0 bridgehead atoms. The van der Waals surface area contributed by atoms with Crippen LogP contribution in [0, 0.1) is 25.2 Å². The fourth-order valence-corrected chi connectivity index (χ4v) is 3.18. The Morgan fingerprint density at radius 3 is 2.81 bits per heavy atom. The lowest BCUT2D eigenvalue weighted by Gasteiger charge is -2.06. The fraction of sp³-hybridized carbons (Fsp3) is 0.250. The van der Waals surface area contributed by atoms with Gasteiger partial charge in [0.15, 0.2) is 0 Å². The van der Waals surface area contributed by atoms with Gasteiger partial charge in [0.2, 0.25) is 0 Å². The second-order valence-electron chi connectivity index (χ2n) is 6.31. The van der Waals surface area contributed by atoms with E-state index in [0.29, 0.717) is 24.2 Å². The van der Waals surface area contributed by atoms with Crippen molar-refractivity contribution in [3.8, 4) is 6.07 Å². The molecule has 7 nitrogen and oxygen atoms in total. The zero-order valence-electron chi connectivity index (χ0n) is 15.3. The number of para-hydroxylation sites is 1. The molecule has 1 aromatic heterocycles. The van der Waals surface area contributed by atoms with Gasteiger partial charge in [0.25, 0.3) is 11.8 Å². The van der Waals surface area contributed by atoms with Crippen molar-refractivity contribution in [2.24, 2.45) is 0 Å². The van der Waals surface area contributed by atoms with Crippen LogP contribution in [0.2, 0.25) is 0 Å². The summed E-state index contributed by atoms with van der Waals surface area (Å²) in [6.07, 6.45) is 1.79. The van der Waals surface area contributed by atoms with Crippen molar-refractivity contribution in [1.82, 2.24) is 15.6 Å². The number of nitriles is 1. The predicted octanol–water partition coefficient (Wildman–Crippen LogP) is 1.97. The quantitative estimate of drug-likeness (QED) is 0.357. The van der Waals surface area contributed by atoms with Crippen molar-refractivity contribution in [3.05, 3.63) is 52.3 Å². The van der Waals surface area contributed by atoms with Crippen LogP contribution < -0.4 is 16.0 Å². The third-order valence-electron chi connectivity index (χ3n) is 4.49. The molecule has 1 aliphatic rings. The Bertz CT molecular complexity index is 965. The number of aryl methyl sites for hydroxylation is 1. The van der Waals surface area contributed by atoms with Crippen LogP contribution in [0.5, 0.6) is 0 Å². The Balaban J connectivity index is 1.81. The number of hydrogen-bond acceptors (Lipinski definition) is 4. The molecule has 2 aromatic rings. The van der Waals surface area contributed by atoms with E-state index in [1.165, 1.54) is 0 Å². The molecule has 1 aliphatic heterocycles. The van der Waals surface area contributed by atoms with Crippen LogP contribution in [0.25, 0.3) is 11.6 Å². The fourth-order valence-electron chi connectivity index (χ4n) is 3.18. The average Bonchev–Trinajstić information content (AvgIpc) is 3.11. The number of carbonyl (C=O) groups excluding carboxylic acids is 2. The van der Waals surface area contributed by atoms with Crippen molar-refractivity contribution in [2.75, 3.05) is 25.0 Å². The van der Waals surface area contributed by atoms with Crippen LogP contribution in [0.3, 0.4) is 0 Å². The lowest BCUT2D eigenvalue weighted by Crippen LogP contribution is -2.32. The third kappa shape index (κ3) is 3.76. The van der Waals surface area contributed by atoms with Crippen LogP contribution in [-0.2, 0) is 4.79 Å². The van der Waals surface area contributed by atoms with Gasteiger partial charge < -0.3 is 20.9 Å². The lowest BCUT2D eigenvalue weighted by atomic mass is 10.0. The van der Waals surface area contributed by atoms with E-state index in [1.54, 1.807) is 6.08 Å². The van der Waals surface area contributed by atoms with Gasteiger partial charge in [-0.05, 0) is 31.6 Å². The molecular weight excluding hydrogens is 342 g/mol. The standard InChI is InChI=1S/C20H21N5O2/c1-12-17(11-15-14-5-3-4-6-16(14)25-19(15)26)24-13(2)18(12)20(27)23-10-9-22-8-7-21/h3-6,11,22,24H,8-10H2,1-2H3,(H,23,27)(H,25,26)/b15-11-. The Kier molecular flexibility index (Phi) is 5.38. The number of amides is 2. The van der Waals surface area contributed by atoms with Gasteiger partial charge in [-0.15, -0.1) is 0 Å². The van der Waals surface area contributed by atoms with Crippen molar-refractivity contribution in [2.45, 2.75) is 13.8 Å². The molecule has 3 rings (SSSR count). The maximum atomic E-state index is 12.5. The molecule has 27 heavy (non-hydrogen) atoms. The zero-order valence-corrected chi connectivity index (χ0v) is 15.3. The summed E-state index contributed by atoms with van der Waals surface area (Å²) in [5.41, 5.74) is 5.06. The highest BCUT2D eigenvalue weighted by Gasteiger charge is 2.25. The number of aromatic nitrogens is 1. The first-order valence-corrected chi connectivity index (χ1v) is 8.70. The number of H-pyrrole nitrogens is 1. The first-order valence-electron chi connectivity index (χ1n) is 8.70. The molecule has 2 heterocycles. The Morgan fingerprint density at radius 2 is 2.04 bits per heavy atom. The molecule has 0 radical (unpaired) electrons. The van der Waals surface area contributed by atoms with Gasteiger partial charge >= 0.3 is 0 Å². The van der Waals surface area contributed by atoms with Gasteiger partial charge in [-0.25, -0.2) is 0 Å². The number of nitrogens with zero attached hydrogens (tertiary/aromatic N) is 1. The number of rotatable bonds is 6. The van der Waals surface area contributed by atoms with Gasteiger partial charge in [0.05, 0.1) is 23.8 Å². The second kappa shape index (κ2) is 7.89. The Hall–Kier alpha value is -3.37. The number of aromatic amines is 1. The molecule has 0 fully saturated rings. The smallest absolute Gasteiger partial charge is 0.256 e. The van der Waals surface area contributed by atoms with Crippen LogP contribution in [0.15, 0.2) is 24.3 Å². The molecule has 0 spiro atoms. The molecule has 0 aliphatic carbocycles. The first kappa shape index (κ1) is 18.4. The normalized spacial score (nSPS) is 14.0. The maximum Gasteiger partial charge on any atom is 0.256 e. The van der Waals surface area contributed by atoms with Crippen LogP contribution >= 0.6 is 0 Å². The molecule has 4 N–H and O–H groups in total. The van der Waals surface area contributed by atoms with Crippen molar-refractivity contribution in [1.29, 1.82) is 5.26 Å². The van der Waals surface area contributed by atoms with Crippen molar-refractivity contribution in [3.63, 3.8) is 0 Å². The van der Waals surface area contributed by atoms with E-state index in [0.717, 1.165) is 28.2 Å². The number of benzene rings is 1. The van der Waals surface area contributed by atoms with Crippen LogP contribution in [-0.4, -0.2) is 36.4 Å². The van der Waals surface area contributed by atoms with E-state index in [9.17, 15) is 9.59 Å². The van der Waals surface area contributed by atoms with E-state index in [4.69, 9.17) is 5.26 Å². The summed E-state index contributed by atoms with van der Waals surface area (Å²) in [7, 11) is 0. The molecule has 1 aromatic carbocycles. The summed E-state index contributed by atoms with van der Waals surface area (Å²) in [4.78, 5) is 28.0. The topological polar surface area (TPSA) is 110 Å². The molecule has 0 saturated carbocycles. The lowest BCUT2D eigenvalue weighted by molar-refractivity contribution is -0.110. The van der Waals surface area contributed by atoms with E-state index in [-0.39, 0.29) is 18.4 Å². The van der Waals surface area contributed by atoms with Crippen molar-refractivity contribution < 1.29 is 9.59 Å². The predicted molar refractivity (Wildman–Crippen MR) is 104 cm³/mol. The van der Waals surface area contributed by atoms with Gasteiger partial charge in [0.1, 0.15) is 0 Å². The minimum atomic E-state index is -0.180. The summed E-state index contributed by atoms with van der Waals surface area (Å²) in [6, 6.07) is 9.51. The first-order chi connectivity index (χ1) is 13.0. The largest absolute Gasteiger partial charge is 0.358 e. The minimum absolute atomic E-state index is 0.155. The number of hydrogen-bond donors (Lipinski definition) is 4. The van der Waals surface area contributed by atoms with Gasteiger partial charge in [0, 0.05) is 35.7 Å². The Labute approximate surface area is 157 Å². The van der Waals surface area contributed by atoms with E-state index in [2.05, 4.69) is 20.9 Å². The van der Waals surface area contributed by atoms with E-state index < -0.39 is 0 Å². The molecule has 2 amide bonds. The number of fused-ring (bicyclic) bond motifs is 1. The summed E-state index contributed by atoms with van der Waals surface area (Å²) >= 11 is 0. The number of carbonyl (C=O) groups is 2. The molecule has 7 heteroatoms. The Morgan fingerprint density at radius 1 is 1.26 bits per heavy atom. The summed E-state index contributed by atoms with van der Waals surface area (Å²) in [6.45, 7) is 4.89. The molecule has 0 atom stereocenters. The van der Waals surface area contributed by atoms with Gasteiger partial charge in [-0.1, -0.05) is 18.2 Å². The van der Waals surface area contributed by atoms with E-state index in [1.807, 2.05) is 44.2 Å². The SMILES string of the molecule is Cc1[nH]c(/C=C2\C(=O)Nc3ccccc32)c(C)c1C(=O)NCCNCC#N. The highest BCUT2D eigenvalue weighted by molar-refractivity contribution is 6.34. The minimum Gasteiger partial charge on any atom is -0.358 e. The molecule has 0 unspecified atom stereocenters. The third-order valence-corrected chi connectivity index (χ3v) is 4.49. The number of nitrogens with one attached hydrogen (secondary N) is 4. The van der Waals surface area contributed by atoms with E-state index >= 15 is 0 Å². The average molecular weight is 363 g/mol.